The van der Waals surface area contributed by atoms with Crippen LogP contribution in [0.4, 0.5) is 0 Å². The summed E-state index contributed by atoms with van der Waals surface area (Å²) < 4.78 is 5.11. The molecule has 0 rings (SSSR count). The van der Waals surface area contributed by atoms with Gasteiger partial charge in [0.1, 0.15) is 6.04 Å². The maximum absolute atomic E-state index is 11.6. The summed E-state index contributed by atoms with van der Waals surface area (Å²) in [6, 6.07) is -0.581. The van der Waals surface area contributed by atoms with Crippen LogP contribution in [0, 0.1) is 5.92 Å². The van der Waals surface area contributed by atoms with Crippen molar-refractivity contribution in [1.29, 1.82) is 0 Å². The molecule has 0 saturated heterocycles. The Hall–Kier alpha value is -0.770. The van der Waals surface area contributed by atoms with Crippen molar-refractivity contribution in [2.45, 2.75) is 58.9 Å². The molecule has 0 spiro atoms. The van der Waals surface area contributed by atoms with Crippen LogP contribution in [0.2, 0.25) is 0 Å². The Morgan fingerprint density at radius 2 is 1.84 bits per heavy atom. The molecule has 112 valence electrons. The molecular weight excluding hydrogens is 266 g/mol. The van der Waals surface area contributed by atoms with E-state index >= 15 is 0 Å². The van der Waals surface area contributed by atoms with Crippen molar-refractivity contribution in [3.8, 4) is 0 Å². The first-order chi connectivity index (χ1) is 8.97. The second kappa shape index (κ2) is 11.1. The SMILES string of the molecule is CC(C)CCCOC(=O)C(C)NC(=O)CCCCCl. The van der Waals surface area contributed by atoms with E-state index < -0.39 is 6.04 Å². The van der Waals surface area contributed by atoms with E-state index in [1.54, 1.807) is 6.92 Å². The molecule has 4 nitrogen and oxygen atoms in total. The highest BCUT2D eigenvalue weighted by Crippen LogP contribution is 2.04. The lowest BCUT2D eigenvalue weighted by molar-refractivity contribution is -0.147. The van der Waals surface area contributed by atoms with Gasteiger partial charge in [0.05, 0.1) is 6.61 Å². The van der Waals surface area contributed by atoms with E-state index in [0.717, 1.165) is 25.7 Å². The van der Waals surface area contributed by atoms with Gasteiger partial charge in [-0.2, -0.15) is 0 Å². The van der Waals surface area contributed by atoms with Crippen LogP contribution in [0.15, 0.2) is 0 Å². The van der Waals surface area contributed by atoms with E-state index in [4.69, 9.17) is 16.3 Å². The zero-order valence-corrected chi connectivity index (χ0v) is 13.0. The second-order valence-electron chi connectivity index (χ2n) is 5.14. The Morgan fingerprint density at radius 3 is 2.42 bits per heavy atom. The molecule has 0 radical (unpaired) electrons. The molecule has 1 unspecified atom stereocenters. The third kappa shape index (κ3) is 10.8. The van der Waals surface area contributed by atoms with Gasteiger partial charge in [-0.1, -0.05) is 13.8 Å². The lowest BCUT2D eigenvalue weighted by atomic mass is 10.1. The summed E-state index contributed by atoms with van der Waals surface area (Å²) in [6.45, 7) is 6.32. The first-order valence-corrected chi connectivity index (χ1v) is 7.52. The zero-order chi connectivity index (χ0) is 14.7. The standard InChI is InChI=1S/C14H26ClNO3/c1-11(2)7-6-10-19-14(18)12(3)16-13(17)8-4-5-9-15/h11-12H,4-10H2,1-3H3,(H,16,17). The molecule has 0 aliphatic heterocycles. The van der Waals surface area contributed by atoms with Crippen LogP contribution in [0.1, 0.15) is 52.9 Å². The number of alkyl halides is 1. The fourth-order valence-electron chi connectivity index (χ4n) is 1.54. The summed E-state index contributed by atoms with van der Waals surface area (Å²) in [6.07, 6.45) is 3.85. The van der Waals surface area contributed by atoms with Crippen LogP contribution in [-0.4, -0.2) is 30.4 Å². The minimum Gasteiger partial charge on any atom is -0.464 e. The molecular formula is C14H26ClNO3. The number of amides is 1. The lowest BCUT2D eigenvalue weighted by Crippen LogP contribution is -2.39. The molecule has 1 N–H and O–H groups in total. The summed E-state index contributed by atoms with van der Waals surface area (Å²) in [7, 11) is 0. The largest absolute Gasteiger partial charge is 0.464 e. The molecule has 1 amide bonds. The maximum atomic E-state index is 11.6. The van der Waals surface area contributed by atoms with Crippen molar-refractivity contribution in [3.05, 3.63) is 0 Å². The Balaban J connectivity index is 3.71. The highest BCUT2D eigenvalue weighted by atomic mass is 35.5. The normalized spacial score (nSPS) is 12.3. The summed E-state index contributed by atoms with van der Waals surface area (Å²) in [5.74, 6) is 0.671. The van der Waals surface area contributed by atoms with E-state index in [0.29, 0.717) is 24.8 Å². The number of halogens is 1. The number of carbonyl (C=O) groups is 2. The molecule has 0 aromatic carbocycles. The molecule has 1 atom stereocenters. The van der Waals surface area contributed by atoms with Gasteiger partial charge >= 0.3 is 5.97 Å². The van der Waals surface area contributed by atoms with Crippen LogP contribution >= 0.6 is 11.6 Å². The Labute approximate surface area is 121 Å². The van der Waals surface area contributed by atoms with Crippen LogP contribution in [0.25, 0.3) is 0 Å². The monoisotopic (exact) mass is 291 g/mol. The highest BCUT2D eigenvalue weighted by Gasteiger charge is 2.16. The second-order valence-corrected chi connectivity index (χ2v) is 5.52. The molecule has 5 heteroatoms. The number of hydrogen-bond acceptors (Lipinski definition) is 3. The van der Waals surface area contributed by atoms with Crippen molar-refractivity contribution in [1.82, 2.24) is 5.32 Å². The predicted molar refractivity (Wildman–Crippen MR) is 77.2 cm³/mol. The summed E-state index contributed by atoms with van der Waals surface area (Å²) in [5.41, 5.74) is 0. The fourth-order valence-corrected chi connectivity index (χ4v) is 1.73. The number of esters is 1. The Kier molecular flexibility index (Phi) is 10.6. The molecule has 0 aromatic heterocycles. The molecule has 19 heavy (non-hydrogen) atoms. The molecule has 0 fully saturated rings. The van der Waals surface area contributed by atoms with Gasteiger partial charge in [-0.3, -0.25) is 4.79 Å². The van der Waals surface area contributed by atoms with E-state index in [-0.39, 0.29) is 11.9 Å². The predicted octanol–water partition coefficient (Wildman–Crippen LogP) is 2.88. The first-order valence-electron chi connectivity index (χ1n) is 6.99. The Bertz CT molecular complexity index is 269. The first kappa shape index (κ1) is 18.2. The minimum absolute atomic E-state index is 0.128. The average Bonchev–Trinajstić information content (AvgIpc) is 2.34. The summed E-state index contributed by atoms with van der Waals surface area (Å²) in [5, 5.41) is 2.63. The zero-order valence-electron chi connectivity index (χ0n) is 12.2. The van der Waals surface area contributed by atoms with E-state index in [1.165, 1.54) is 0 Å². The van der Waals surface area contributed by atoms with Crippen molar-refractivity contribution in [2.24, 2.45) is 5.92 Å². The van der Waals surface area contributed by atoms with Crippen molar-refractivity contribution in [2.75, 3.05) is 12.5 Å². The molecule has 0 heterocycles. The van der Waals surface area contributed by atoms with Crippen molar-refractivity contribution >= 4 is 23.5 Å². The minimum atomic E-state index is -0.581. The van der Waals surface area contributed by atoms with Gasteiger partial charge in [0.2, 0.25) is 5.91 Å². The number of ether oxygens (including phenoxy) is 1. The third-order valence-electron chi connectivity index (χ3n) is 2.69. The fraction of sp³-hybridized carbons (Fsp3) is 0.857. The number of hydrogen-bond donors (Lipinski definition) is 1. The van der Waals surface area contributed by atoms with Gasteiger partial charge < -0.3 is 10.1 Å². The van der Waals surface area contributed by atoms with Crippen LogP contribution in [0.5, 0.6) is 0 Å². The third-order valence-corrected chi connectivity index (χ3v) is 2.96. The van der Waals surface area contributed by atoms with Gasteiger partial charge in [0.25, 0.3) is 0 Å². The van der Waals surface area contributed by atoms with Gasteiger partial charge in [-0.15, -0.1) is 11.6 Å². The summed E-state index contributed by atoms with van der Waals surface area (Å²) in [4.78, 5) is 23.1. The van der Waals surface area contributed by atoms with Crippen molar-refractivity contribution < 1.29 is 14.3 Å². The molecule has 0 bridgehead atoms. The number of rotatable bonds is 10. The molecule has 0 aliphatic carbocycles. The molecule has 0 aromatic rings. The maximum Gasteiger partial charge on any atom is 0.328 e. The smallest absolute Gasteiger partial charge is 0.328 e. The van der Waals surface area contributed by atoms with Crippen molar-refractivity contribution in [3.63, 3.8) is 0 Å². The van der Waals surface area contributed by atoms with E-state index in [1.807, 2.05) is 0 Å². The number of carbonyl (C=O) groups excluding carboxylic acids is 2. The molecule has 0 aliphatic rings. The molecule has 0 saturated carbocycles. The lowest BCUT2D eigenvalue weighted by Gasteiger charge is -2.13. The quantitative estimate of drug-likeness (QED) is 0.382. The van der Waals surface area contributed by atoms with E-state index in [9.17, 15) is 9.59 Å². The van der Waals surface area contributed by atoms with Gasteiger partial charge in [0, 0.05) is 12.3 Å². The Morgan fingerprint density at radius 1 is 1.16 bits per heavy atom. The van der Waals surface area contributed by atoms with Crippen LogP contribution in [-0.2, 0) is 14.3 Å². The average molecular weight is 292 g/mol. The topological polar surface area (TPSA) is 55.4 Å². The van der Waals surface area contributed by atoms with Gasteiger partial charge in [-0.25, -0.2) is 4.79 Å². The highest BCUT2D eigenvalue weighted by molar-refractivity contribution is 6.17. The number of unbranched alkanes of at least 4 members (excludes halogenated alkanes) is 1. The number of nitrogens with one attached hydrogen (secondary N) is 1. The van der Waals surface area contributed by atoms with Crippen LogP contribution < -0.4 is 5.32 Å². The van der Waals surface area contributed by atoms with Gasteiger partial charge in [-0.05, 0) is 38.5 Å². The summed E-state index contributed by atoms with van der Waals surface area (Å²) >= 11 is 5.53. The van der Waals surface area contributed by atoms with Crippen LogP contribution in [0.3, 0.4) is 0 Å². The van der Waals surface area contributed by atoms with Gasteiger partial charge in [0.15, 0.2) is 0 Å². The van der Waals surface area contributed by atoms with E-state index in [2.05, 4.69) is 19.2 Å².